The van der Waals surface area contributed by atoms with Crippen molar-refractivity contribution in [3.63, 3.8) is 0 Å². The smallest absolute Gasteiger partial charge is 0.341 e. The van der Waals surface area contributed by atoms with Gasteiger partial charge in [-0.3, -0.25) is 9.59 Å². The first-order valence-corrected chi connectivity index (χ1v) is 10.3. The van der Waals surface area contributed by atoms with Gasteiger partial charge in [-0.2, -0.15) is 0 Å². The van der Waals surface area contributed by atoms with Gasteiger partial charge in [0.1, 0.15) is 5.00 Å². The van der Waals surface area contributed by atoms with Crippen LogP contribution in [0, 0.1) is 19.8 Å². The third-order valence-corrected chi connectivity index (χ3v) is 6.39. The maximum atomic E-state index is 12.5. The van der Waals surface area contributed by atoms with E-state index in [0.717, 1.165) is 28.2 Å². The number of anilines is 1. The number of ketones is 1. The van der Waals surface area contributed by atoms with Crippen molar-refractivity contribution in [3.8, 4) is 0 Å². The molecule has 5 nitrogen and oxygen atoms in total. The molecular weight excluding hydrogens is 370 g/mol. The predicted molar refractivity (Wildman–Crippen MR) is 103 cm³/mol. The number of carbonyl (C=O) groups excluding carboxylic acids is 3. The molecule has 1 amide bonds. The van der Waals surface area contributed by atoms with E-state index in [4.69, 9.17) is 4.74 Å². The summed E-state index contributed by atoms with van der Waals surface area (Å²) in [5.74, 6) is -0.329. The number of thiophene rings is 2. The largest absolute Gasteiger partial charge is 0.462 e. The van der Waals surface area contributed by atoms with Gasteiger partial charge in [0.2, 0.25) is 5.91 Å². The monoisotopic (exact) mass is 391 g/mol. The van der Waals surface area contributed by atoms with Crippen LogP contribution < -0.4 is 5.32 Å². The number of hydrogen-bond donors (Lipinski definition) is 1. The van der Waals surface area contributed by atoms with E-state index in [2.05, 4.69) is 5.32 Å². The number of esters is 1. The molecule has 2 aromatic rings. The van der Waals surface area contributed by atoms with Crippen LogP contribution >= 0.6 is 22.7 Å². The SMILES string of the molecule is Cc1sc(NC(=O)C2CC2)c(C(=O)OCCCC(=O)c2cccs2)c1C. The minimum Gasteiger partial charge on any atom is -0.462 e. The average molecular weight is 392 g/mol. The van der Waals surface area contributed by atoms with Gasteiger partial charge in [0.15, 0.2) is 5.78 Å². The summed E-state index contributed by atoms with van der Waals surface area (Å²) in [7, 11) is 0. The fourth-order valence-corrected chi connectivity index (χ4v) is 4.30. The van der Waals surface area contributed by atoms with Gasteiger partial charge in [-0.15, -0.1) is 22.7 Å². The van der Waals surface area contributed by atoms with Crippen molar-refractivity contribution in [1.29, 1.82) is 0 Å². The second kappa shape index (κ2) is 8.14. The highest BCUT2D eigenvalue weighted by Crippen LogP contribution is 2.36. The lowest BCUT2D eigenvalue weighted by Crippen LogP contribution is -2.16. The van der Waals surface area contributed by atoms with Gasteiger partial charge in [0.25, 0.3) is 0 Å². The van der Waals surface area contributed by atoms with Crippen LogP contribution in [0.1, 0.15) is 56.2 Å². The first-order chi connectivity index (χ1) is 12.5. The Morgan fingerprint density at radius 1 is 1.27 bits per heavy atom. The molecule has 2 heterocycles. The lowest BCUT2D eigenvalue weighted by atomic mass is 10.1. The topological polar surface area (TPSA) is 72.5 Å². The predicted octanol–water partition coefficient (Wildman–Crippen LogP) is 4.59. The zero-order valence-corrected chi connectivity index (χ0v) is 16.4. The molecule has 0 saturated heterocycles. The lowest BCUT2D eigenvalue weighted by Gasteiger charge is -2.08. The fourth-order valence-electron chi connectivity index (χ4n) is 2.55. The Morgan fingerprint density at radius 2 is 2.04 bits per heavy atom. The molecule has 0 radical (unpaired) electrons. The van der Waals surface area contributed by atoms with Crippen LogP contribution in [0.25, 0.3) is 0 Å². The molecule has 1 N–H and O–H groups in total. The Kier molecular flexibility index (Phi) is 5.88. The second-order valence-corrected chi connectivity index (χ2v) is 8.56. The van der Waals surface area contributed by atoms with Crippen LogP contribution in [-0.2, 0) is 9.53 Å². The molecule has 1 aliphatic carbocycles. The summed E-state index contributed by atoms with van der Waals surface area (Å²) in [4.78, 5) is 38.2. The van der Waals surface area contributed by atoms with Crippen LogP contribution in [0.15, 0.2) is 17.5 Å². The summed E-state index contributed by atoms with van der Waals surface area (Å²) >= 11 is 2.82. The number of Topliss-reactive ketones (excluding diaryl/α,β-unsaturated/α-hetero) is 1. The fraction of sp³-hybridized carbons (Fsp3) is 0.421. The Hall–Kier alpha value is -1.99. The van der Waals surface area contributed by atoms with Gasteiger partial charge in [0, 0.05) is 17.2 Å². The maximum absolute atomic E-state index is 12.5. The van der Waals surface area contributed by atoms with Crippen molar-refractivity contribution in [1.82, 2.24) is 0 Å². The molecule has 0 bridgehead atoms. The quantitative estimate of drug-likeness (QED) is 0.406. The molecule has 3 rings (SSSR count). The second-order valence-electron chi connectivity index (χ2n) is 6.39. The highest BCUT2D eigenvalue weighted by Gasteiger charge is 2.31. The molecule has 0 aliphatic heterocycles. The Labute approximate surface area is 160 Å². The summed E-state index contributed by atoms with van der Waals surface area (Å²) in [6, 6.07) is 3.64. The van der Waals surface area contributed by atoms with E-state index >= 15 is 0 Å². The summed E-state index contributed by atoms with van der Waals surface area (Å²) in [6.45, 7) is 3.96. The molecule has 26 heavy (non-hydrogen) atoms. The van der Waals surface area contributed by atoms with Gasteiger partial charge in [0.05, 0.1) is 17.0 Å². The molecule has 7 heteroatoms. The van der Waals surface area contributed by atoms with E-state index in [9.17, 15) is 14.4 Å². The van der Waals surface area contributed by atoms with Gasteiger partial charge in [-0.25, -0.2) is 4.79 Å². The van der Waals surface area contributed by atoms with Crippen molar-refractivity contribution < 1.29 is 19.1 Å². The Bertz CT molecular complexity index is 819. The normalized spacial score (nSPS) is 13.5. The third-order valence-electron chi connectivity index (χ3n) is 4.35. The number of amides is 1. The molecule has 0 unspecified atom stereocenters. The zero-order valence-electron chi connectivity index (χ0n) is 14.8. The van der Waals surface area contributed by atoms with Crippen molar-refractivity contribution in [2.24, 2.45) is 5.92 Å². The summed E-state index contributed by atoms with van der Waals surface area (Å²) in [5, 5.41) is 5.30. The molecular formula is C19H21NO4S2. The molecule has 0 spiro atoms. The number of ether oxygens (including phenoxy) is 1. The standard InChI is InChI=1S/C19H21NO4S2/c1-11-12(2)26-18(20-17(22)13-7-8-13)16(11)19(23)24-9-3-5-14(21)15-6-4-10-25-15/h4,6,10,13H,3,5,7-9H2,1-2H3,(H,20,22). The Balaban J connectivity index is 1.55. The number of carbonyl (C=O) groups is 3. The minimum atomic E-state index is -0.443. The molecule has 1 saturated carbocycles. The average Bonchev–Trinajstić information content (AvgIpc) is 3.24. The van der Waals surface area contributed by atoms with Gasteiger partial charge in [-0.1, -0.05) is 6.07 Å². The molecule has 2 aromatic heterocycles. The van der Waals surface area contributed by atoms with Crippen LogP contribution in [0.4, 0.5) is 5.00 Å². The summed E-state index contributed by atoms with van der Waals surface area (Å²) in [6.07, 6.45) is 2.65. The van der Waals surface area contributed by atoms with Crippen molar-refractivity contribution in [3.05, 3.63) is 38.4 Å². The Morgan fingerprint density at radius 3 is 2.69 bits per heavy atom. The first kappa shape index (κ1) is 18.8. The van der Waals surface area contributed by atoms with Crippen molar-refractivity contribution in [2.75, 3.05) is 11.9 Å². The number of aryl methyl sites for hydroxylation is 1. The third kappa shape index (κ3) is 4.40. The summed E-state index contributed by atoms with van der Waals surface area (Å²) in [5.41, 5.74) is 1.27. The van der Waals surface area contributed by atoms with Gasteiger partial charge in [-0.05, 0) is 50.1 Å². The summed E-state index contributed by atoms with van der Waals surface area (Å²) < 4.78 is 5.36. The number of nitrogens with one attached hydrogen (secondary N) is 1. The van der Waals surface area contributed by atoms with Crippen molar-refractivity contribution in [2.45, 2.75) is 39.5 Å². The molecule has 0 atom stereocenters. The first-order valence-electron chi connectivity index (χ1n) is 8.62. The van der Waals surface area contributed by atoms with Crippen LogP contribution in [0.3, 0.4) is 0 Å². The van der Waals surface area contributed by atoms with E-state index in [1.807, 2.05) is 25.3 Å². The van der Waals surface area contributed by atoms with Crippen LogP contribution in [-0.4, -0.2) is 24.3 Å². The van der Waals surface area contributed by atoms with E-state index in [1.54, 1.807) is 6.07 Å². The number of rotatable bonds is 8. The minimum absolute atomic E-state index is 0.0261. The lowest BCUT2D eigenvalue weighted by molar-refractivity contribution is -0.117. The van der Waals surface area contributed by atoms with E-state index in [0.29, 0.717) is 23.4 Å². The molecule has 138 valence electrons. The van der Waals surface area contributed by atoms with Gasteiger partial charge >= 0.3 is 5.97 Å². The highest BCUT2D eigenvalue weighted by molar-refractivity contribution is 7.16. The maximum Gasteiger partial charge on any atom is 0.341 e. The van der Waals surface area contributed by atoms with Crippen LogP contribution in [0.5, 0.6) is 0 Å². The van der Waals surface area contributed by atoms with Crippen LogP contribution in [0.2, 0.25) is 0 Å². The molecule has 0 aromatic carbocycles. The van der Waals surface area contributed by atoms with E-state index in [1.165, 1.54) is 22.7 Å². The van der Waals surface area contributed by atoms with E-state index in [-0.39, 0.29) is 24.2 Å². The molecule has 1 fully saturated rings. The van der Waals surface area contributed by atoms with Crippen molar-refractivity contribution >= 4 is 45.3 Å². The zero-order chi connectivity index (χ0) is 18.7. The highest BCUT2D eigenvalue weighted by atomic mass is 32.1. The number of hydrogen-bond acceptors (Lipinski definition) is 6. The van der Waals surface area contributed by atoms with E-state index < -0.39 is 5.97 Å². The molecule has 1 aliphatic rings. The van der Waals surface area contributed by atoms with Gasteiger partial charge < -0.3 is 10.1 Å².